The van der Waals surface area contributed by atoms with Gasteiger partial charge in [-0.15, -0.1) is 0 Å². The Morgan fingerprint density at radius 1 is 1.12 bits per heavy atom. The van der Waals surface area contributed by atoms with Gasteiger partial charge in [-0.2, -0.15) is 0 Å². The Morgan fingerprint density at radius 3 is 2.20 bits per heavy atom. The molecule has 0 saturated carbocycles. The molecule has 2 aromatic rings. The van der Waals surface area contributed by atoms with E-state index in [2.05, 4.69) is 5.32 Å². The van der Waals surface area contributed by atoms with E-state index in [0.29, 0.717) is 5.69 Å². The molecule has 1 amide bonds. The van der Waals surface area contributed by atoms with Crippen molar-refractivity contribution in [3.05, 3.63) is 59.4 Å². The maximum absolute atomic E-state index is 14.1. The van der Waals surface area contributed by atoms with Gasteiger partial charge in [-0.1, -0.05) is 18.2 Å². The summed E-state index contributed by atoms with van der Waals surface area (Å²) in [5.74, 6) is -1.25. The molecule has 1 atom stereocenters. The van der Waals surface area contributed by atoms with Gasteiger partial charge in [-0.05, 0) is 56.2 Å². The van der Waals surface area contributed by atoms with Crippen LogP contribution < -0.4 is 9.62 Å². The molecule has 0 aromatic heterocycles. The largest absolute Gasteiger partial charge is 0.324 e. The third-order valence-electron chi connectivity index (χ3n) is 3.67. The monoisotopic (exact) mass is 364 g/mol. The number of carbonyl (C=O) groups is 1. The van der Waals surface area contributed by atoms with Crippen LogP contribution in [0.15, 0.2) is 42.5 Å². The lowest BCUT2D eigenvalue weighted by atomic mass is 10.1. The minimum Gasteiger partial charge on any atom is -0.324 e. The van der Waals surface area contributed by atoms with Gasteiger partial charge in [0.2, 0.25) is 15.9 Å². The van der Waals surface area contributed by atoms with Crippen molar-refractivity contribution in [1.29, 1.82) is 0 Å². The van der Waals surface area contributed by atoms with Gasteiger partial charge < -0.3 is 5.32 Å². The van der Waals surface area contributed by atoms with Gasteiger partial charge in [-0.25, -0.2) is 12.8 Å². The van der Waals surface area contributed by atoms with Crippen LogP contribution in [0.2, 0.25) is 0 Å². The summed E-state index contributed by atoms with van der Waals surface area (Å²) in [7, 11) is -3.86. The van der Waals surface area contributed by atoms with Gasteiger partial charge in [0.05, 0.1) is 11.9 Å². The molecule has 2 aromatic carbocycles. The predicted molar refractivity (Wildman–Crippen MR) is 97.7 cm³/mol. The van der Waals surface area contributed by atoms with E-state index in [-0.39, 0.29) is 5.69 Å². The summed E-state index contributed by atoms with van der Waals surface area (Å²) in [6, 6.07) is 9.87. The third-order valence-corrected chi connectivity index (χ3v) is 4.90. The first-order valence-corrected chi connectivity index (χ1v) is 9.57. The van der Waals surface area contributed by atoms with Crippen molar-refractivity contribution in [2.45, 2.75) is 26.8 Å². The first-order chi connectivity index (χ1) is 11.6. The lowest BCUT2D eigenvalue weighted by Crippen LogP contribution is -2.45. The lowest BCUT2D eigenvalue weighted by Gasteiger charge is -2.28. The molecule has 0 radical (unpaired) electrons. The zero-order chi connectivity index (χ0) is 18.8. The smallest absolute Gasteiger partial charge is 0.247 e. The molecule has 0 fully saturated rings. The number of anilines is 2. The summed E-state index contributed by atoms with van der Waals surface area (Å²) in [5, 5.41) is 2.70. The van der Waals surface area contributed by atoms with Crippen molar-refractivity contribution < 1.29 is 17.6 Å². The van der Waals surface area contributed by atoms with Crippen LogP contribution in [-0.4, -0.2) is 26.6 Å². The highest BCUT2D eigenvalue weighted by Crippen LogP contribution is 2.25. The van der Waals surface area contributed by atoms with Crippen LogP contribution in [0, 0.1) is 19.7 Å². The molecule has 0 unspecified atom stereocenters. The number of aryl methyl sites for hydroxylation is 2. The zero-order valence-electron chi connectivity index (χ0n) is 14.6. The van der Waals surface area contributed by atoms with Crippen molar-refractivity contribution in [3.8, 4) is 0 Å². The Kier molecular flexibility index (Phi) is 5.47. The first-order valence-electron chi connectivity index (χ1n) is 7.72. The van der Waals surface area contributed by atoms with E-state index in [9.17, 15) is 17.6 Å². The Morgan fingerprint density at radius 2 is 1.68 bits per heavy atom. The summed E-state index contributed by atoms with van der Waals surface area (Å²) in [4.78, 5) is 12.6. The van der Waals surface area contributed by atoms with Crippen LogP contribution in [0.25, 0.3) is 0 Å². The number of amides is 1. The van der Waals surface area contributed by atoms with E-state index >= 15 is 0 Å². The van der Waals surface area contributed by atoms with Crippen LogP contribution in [0.5, 0.6) is 0 Å². The van der Waals surface area contributed by atoms with Gasteiger partial charge in [0, 0.05) is 5.69 Å². The van der Waals surface area contributed by atoms with E-state index in [0.717, 1.165) is 27.8 Å². The maximum atomic E-state index is 14.1. The fourth-order valence-electron chi connectivity index (χ4n) is 2.70. The fraction of sp³-hybridized carbons (Fsp3) is 0.278. The van der Waals surface area contributed by atoms with E-state index in [1.54, 1.807) is 12.1 Å². The Hall–Kier alpha value is -2.41. The molecule has 25 heavy (non-hydrogen) atoms. The summed E-state index contributed by atoms with van der Waals surface area (Å²) in [5.41, 5.74) is 2.35. The highest BCUT2D eigenvalue weighted by molar-refractivity contribution is 7.92. The van der Waals surface area contributed by atoms with Crippen LogP contribution in [-0.2, 0) is 14.8 Å². The minimum atomic E-state index is -3.86. The quantitative estimate of drug-likeness (QED) is 0.886. The minimum absolute atomic E-state index is 0.159. The van der Waals surface area contributed by atoms with Gasteiger partial charge in [0.25, 0.3) is 0 Å². The van der Waals surface area contributed by atoms with Crippen molar-refractivity contribution >= 4 is 27.3 Å². The van der Waals surface area contributed by atoms with Gasteiger partial charge in [0.1, 0.15) is 11.9 Å². The Bertz CT molecular complexity index is 877. The number of para-hydroxylation sites is 1. The molecular weight excluding hydrogens is 343 g/mol. The second kappa shape index (κ2) is 7.23. The average Bonchev–Trinajstić information content (AvgIpc) is 2.46. The van der Waals surface area contributed by atoms with Crippen molar-refractivity contribution in [3.63, 3.8) is 0 Å². The number of rotatable bonds is 5. The maximum Gasteiger partial charge on any atom is 0.247 e. The summed E-state index contributed by atoms with van der Waals surface area (Å²) in [6.07, 6.45) is 0.944. The highest BCUT2D eigenvalue weighted by atomic mass is 32.2. The number of carbonyl (C=O) groups excluding carboxylic acids is 1. The fourth-order valence-corrected chi connectivity index (χ4v) is 3.88. The summed E-state index contributed by atoms with van der Waals surface area (Å²) >= 11 is 0. The van der Waals surface area contributed by atoms with Crippen molar-refractivity contribution in [2.75, 3.05) is 15.9 Å². The van der Waals surface area contributed by atoms with Crippen LogP contribution in [0.3, 0.4) is 0 Å². The van der Waals surface area contributed by atoms with E-state index in [4.69, 9.17) is 0 Å². The van der Waals surface area contributed by atoms with E-state index < -0.39 is 27.8 Å². The second-order valence-corrected chi connectivity index (χ2v) is 7.91. The average molecular weight is 364 g/mol. The third kappa shape index (κ3) is 4.57. The number of benzene rings is 2. The van der Waals surface area contributed by atoms with E-state index in [1.807, 2.05) is 19.9 Å². The molecular formula is C18H21FN2O3S. The molecule has 2 rings (SSSR count). The normalized spacial score (nSPS) is 12.5. The summed E-state index contributed by atoms with van der Waals surface area (Å²) in [6.45, 7) is 5.22. The molecule has 134 valence electrons. The molecule has 0 aliphatic rings. The first kappa shape index (κ1) is 18.9. The van der Waals surface area contributed by atoms with Gasteiger partial charge in [-0.3, -0.25) is 9.10 Å². The molecule has 7 heteroatoms. The van der Waals surface area contributed by atoms with Crippen LogP contribution in [0.1, 0.15) is 18.1 Å². The zero-order valence-corrected chi connectivity index (χ0v) is 15.4. The van der Waals surface area contributed by atoms with Crippen LogP contribution >= 0.6 is 0 Å². The Labute approximate surface area is 147 Å². The highest BCUT2D eigenvalue weighted by Gasteiger charge is 2.31. The topological polar surface area (TPSA) is 66.5 Å². The number of nitrogens with zero attached hydrogens (tertiary/aromatic N) is 1. The van der Waals surface area contributed by atoms with Crippen molar-refractivity contribution in [2.24, 2.45) is 0 Å². The number of sulfonamides is 1. The molecule has 1 N–H and O–H groups in total. The van der Waals surface area contributed by atoms with E-state index in [1.165, 1.54) is 25.1 Å². The molecule has 0 spiro atoms. The van der Waals surface area contributed by atoms with Gasteiger partial charge in [0.15, 0.2) is 0 Å². The molecule has 5 nitrogen and oxygen atoms in total. The van der Waals surface area contributed by atoms with Crippen LogP contribution in [0.4, 0.5) is 15.8 Å². The SMILES string of the molecule is Cc1cc(C)cc(NC(=O)[C@@H](C)N(c2ccccc2F)S(C)(=O)=O)c1. The van der Waals surface area contributed by atoms with Crippen molar-refractivity contribution in [1.82, 2.24) is 0 Å². The summed E-state index contributed by atoms with van der Waals surface area (Å²) < 4.78 is 39.2. The molecule has 0 saturated heterocycles. The second-order valence-electron chi connectivity index (χ2n) is 6.05. The number of halogens is 1. The number of hydrogen-bond donors (Lipinski definition) is 1. The number of hydrogen-bond acceptors (Lipinski definition) is 3. The standard InChI is InChI=1S/C18H21FN2O3S/c1-12-9-13(2)11-15(10-12)20-18(22)14(3)21(25(4,23)24)17-8-6-5-7-16(17)19/h5-11,14H,1-4H3,(H,20,22)/t14-/m1/s1. The lowest BCUT2D eigenvalue weighted by molar-refractivity contribution is -0.116. The number of nitrogens with one attached hydrogen (secondary N) is 1. The molecule has 0 heterocycles. The Balaban J connectivity index is 2.35. The molecule has 0 bridgehead atoms. The molecule has 0 aliphatic heterocycles. The molecule has 0 aliphatic carbocycles. The van der Waals surface area contributed by atoms with Gasteiger partial charge >= 0.3 is 0 Å². The predicted octanol–water partition coefficient (Wildman–Crippen LogP) is 3.24.